The zero-order valence-electron chi connectivity index (χ0n) is 13.4. The molecule has 4 rings (SSSR count). The minimum Gasteiger partial charge on any atom is -0.384 e. The van der Waals surface area contributed by atoms with Crippen molar-refractivity contribution in [1.82, 2.24) is 20.2 Å². The first-order chi connectivity index (χ1) is 11.8. The van der Waals surface area contributed by atoms with Crippen molar-refractivity contribution in [2.45, 2.75) is 18.8 Å². The van der Waals surface area contributed by atoms with E-state index in [1.165, 1.54) is 16.8 Å². The third kappa shape index (κ3) is 2.82. The molecule has 0 aliphatic carbocycles. The van der Waals surface area contributed by atoms with Crippen LogP contribution in [0.1, 0.15) is 24.5 Å². The van der Waals surface area contributed by atoms with Gasteiger partial charge in [0.25, 0.3) is 0 Å². The highest BCUT2D eigenvalue weighted by Gasteiger charge is 2.26. The lowest BCUT2D eigenvalue weighted by Gasteiger charge is -2.32. The minimum atomic E-state index is 0.376. The smallest absolute Gasteiger partial charge is 0.227 e. The normalized spacial score (nSPS) is 17.8. The van der Waals surface area contributed by atoms with E-state index in [1.807, 2.05) is 12.3 Å². The van der Waals surface area contributed by atoms with Crippen LogP contribution in [0.3, 0.4) is 0 Å². The fraction of sp³-hybridized carbons (Fsp3) is 0.278. The van der Waals surface area contributed by atoms with Crippen molar-refractivity contribution < 1.29 is 0 Å². The van der Waals surface area contributed by atoms with Crippen LogP contribution in [0.25, 0.3) is 11.1 Å². The number of aromatic nitrogens is 4. The lowest BCUT2D eigenvalue weighted by atomic mass is 9.91. The van der Waals surface area contributed by atoms with Crippen LogP contribution in [-0.2, 0) is 0 Å². The Kier molecular flexibility index (Phi) is 3.86. The molecule has 1 aromatic carbocycles. The quantitative estimate of drug-likeness (QED) is 0.775. The largest absolute Gasteiger partial charge is 0.384 e. The predicted octanol–water partition coefficient (Wildman–Crippen LogP) is 2.83. The van der Waals surface area contributed by atoms with Crippen molar-refractivity contribution in [2.75, 3.05) is 23.7 Å². The number of nitrogen functional groups attached to an aromatic ring is 1. The zero-order valence-corrected chi connectivity index (χ0v) is 13.4. The Labute approximate surface area is 140 Å². The number of hydrogen-bond acceptors (Lipinski definition) is 5. The van der Waals surface area contributed by atoms with Crippen molar-refractivity contribution in [3.8, 4) is 11.1 Å². The predicted molar refractivity (Wildman–Crippen MR) is 94.7 cm³/mol. The van der Waals surface area contributed by atoms with Gasteiger partial charge in [0.1, 0.15) is 5.82 Å². The summed E-state index contributed by atoms with van der Waals surface area (Å²) in [6, 6.07) is 12.1. The standard InChI is InChI=1S/C18H20N6/c19-16-8-9-20-18(22-16)24-10-4-7-14(12-24)17-15(11-21-23-17)13-5-2-1-3-6-13/h1-3,5-6,8-9,11,14H,4,7,10,12H2,(H,21,23)(H2,19,20,22)/t14-/m0/s1. The van der Waals surface area contributed by atoms with E-state index in [9.17, 15) is 0 Å². The molecule has 0 saturated carbocycles. The van der Waals surface area contributed by atoms with E-state index in [4.69, 9.17) is 5.73 Å². The molecule has 3 N–H and O–H groups in total. The number of aromatic amines is 1. The van der Waals surface area contributed by atoms with Gasteiger partial charge in [-0.1, -0.05) is 30.3 Å². The maximum absolute atomic E-state index is 5.80. The monoisotopic (exact) mass is 320 g/mol. The summed E-state index contributed by atoms with van der Waals surface area (Å²) in [5.41, 5.74) is 9.36. The summed E-state index contributed by atoms with van der Waals surface area (Å²) < 4.78 is 0. The average molecular weight is 320 g/mol. The third-order valence-corrected chi connectivity index (χ3v) is 4.53. The summed E-state index contributed by atoms with van der Waals surface area (Å²) >= 11 is 0. The van der Waals surface area contributed by atoms with Crippen LogP contribution in [-0.4, -0.2) is 33.3 Å². The number of H-pyrrole nitrogens is 1. The molecule has 1 fully saturated rings. The second kappa shape index (κ2) is 6.31. The van der Waals surface area contributed by atoms with Crippen LogP contribution in [0.5, 0.6) is 0 Å². The van der Waals surface area contributed by atoms with Gasteiger partial charge in [-0.3, -0.25) is 5.10 Å². The summed E-state index contributed by atoms with van der Waals surface area (Å²) in [6.07, 6.45) is 5.85. The second-order valence-electron chi connectivity index (χ2n) is 6.13. The molecule has 24 heavy (non-hydrogen) atoms. The first-order valence-electron chi connectivity index (χ1n) is 8.23. The van der Waals surface area contributed by atoms with E-state index < -0.39 is 0 Å². The van der Waals surface area contributed by atoms with Gasteiger partial charge in [0, 0.05) is 36.5 Å². The van der Waals surface area contributed by atoms with Gasteiger partial charge < -0.3 is 10.6 Å². The van der Waals surface area contributed by atoms with Gasteiger partial charge >= 0.3 is 0 Å². The summed E-state index contributed by atoms with van der Waals surface area (Å²) in [7, 11) is 0. The Balaban J connectivity index is 1.60. The molecule has 6 heteroatoms. The van der Waals surface area contributed by atoms with E-state index in [1.54, 1.807) is 12.3 Å². The van der Waals surface area contributed by atoms with E-state index in [2.05, 4.69) is 49.3 Å². The Bertz CT molecular complexity index is 813. The topological polar surface area (TPSA) is 83.7 Å². The van der Waals surface area contributed by atoms with E-state index in [0.29, 0.717) is 17.7 Å². The highest BCUT2D eigenvalue weighted by Crippen LogP contribution is 2.33. The Hall–Kier alpha value is -2.89. The summed E-state index contributed by atoms with van der Waals surface area (Å²) in [6.45, 7) is 1.82. The molecule has 2 aromatic heterocycles. The van der Waals surface area contributed by atoms with E-state index in [-0.39, 0.29) is 0 Å². The van der Waals surface area contributed by atoms with Crippen LogP contribution >= 0.6 is 0 Å². The third-order valence-electron chi connectivity index (χ3n) is 4.53. The number of benzene rings is 1. The Morgan fingerprint density at radius 2 is 2.04 bits per heavy atom. The first kappa shape index (κ1) is 14.7. The molecule has 1 saturated heterocycles. The fourth-order valence-corrected chi connectivity index (χ4v) is 3.36. The molecule has 6 nitrogen and oxygen atoms in total. The summed E-state index contributed by atoms with van der Waals surface area (Å²) in [4.78, 5) is 10.9. The molecule has 0 spiro atoms. The lowest BCUT2D eigenvalue weighted by molar-refractivity contribution is 0.495. The van der Waals surface area contributed by atoms with Crippen molar-refractivity contribution >= 4 is 11.8 Å². The van der Waals surface area contributed by atoms with Gasteiger partial charge in [0.2, 0.25) is 5.95 Å². The van der Waals surface area contributed by atoms with Gasteiger partial charge in [-0.05, 0) is 24.5 Å². The van der Waals surface area contributed by atoms with Crippen molar-refractivity contribution in [2.24, 2.45) is 0 Å². The minimum absolute atomic E-state index is 0.376. The molecule has 3 heterocycles. The van der Waals surface area contributed by atoms with E-state index >= 15 is 0 Å². The first-order valence-corrected chi connectivity index (χ1v) is 8.23. The summed E-state index contributed by atoms with van der Waals surface area (Å²) in [5.74, 6) is 1.59. The summed E-state index contributed by atoms with van der Waals surface area (Å²) in [5, 5.41) is 7.51. The molecule has 0 radical (unpaired) electrons. The lowest BCUT2D eigenvalue weighted by Crippen LogP contribution is -2.36. The molecule has 1 aliphatic heterocycles. The molecule has 0 unspecified atom stereocenters. The molecule has 1 atom stereocenters. The van der Waals surface area contributed by atoms with Gasteiger partial charge in [-0.2, -0.15) is 10.1 Å². The Morgan fingerprint density at radius 1 is 1.17 bits per heavy atom. The molecule has 3 aromatic rings. The maximum Gasteiger partial charge on any atom is 0.227 e. The molecule has 0 amide bonds. The Morgan fingerprint density at radius 3 is 2.88 bits per heavy atom. The maximum atomic E-state index is 5.80. The highest BCUT2D eigenvalue weighted by molar-refractivity contribution is 5.66. The van der Waals surface area contributed by atoms with Crippen LogP contribution in [0.4, 0.5) is 11.8 Å². The molecular weight excluding hydrogens is 300 g/mol. The van der Waals surface area contributed by atoms with Crippen molar-refractivity contribution in [1.29, 1.82) is 0 Å². The van der Waals surface area contributed by atoms with Crippen LogP contribution < -0.4 is 10.6 Å². The van der Waals surface area contributed by atoms with E-state index in [0.717, 1.165) is 25.9 Å². The van der Waals surface area contributed by atoms with Gasteiger partial charge in [-0.15, -0.1) is 0 Å². The van der Waals surface area contributed by atoms with Gasteiger partial charge in [0.05, 0.1) is 6.20 Å². The van der Waals surface area contributed by atoms with Crippen LogP contribution in [0.2, 0.25) is 0 Å². The van der Waals surface area contributed by atoms with Gasteiger partial charge in [-0.25, -0.2) is 4.98 Å². The SMILES string of the molecule is Nc1ccnc(N2CCC[C@H](c3[nH]ncc3-c3ccccc3)C2)n1. The number of nitrogens with one attached hydrogen (secondary N) is 1. The number of nitrogens with zero attached hydrogens (tertiary/aromatic N) is 4. The number of nitrogens with two attached hydrogens (primary N) is 1. The molecule has 122 valence electrons. The fourth-order valence-electron chi connectivity index (χ4n) is 3.36. The van der Waals surface area contributed by atoms with Crippen LogP contribution in [0, 0.1) is 0 Å². The zero-order chi connectivity index (χ0) is 16.4. The molecule has 1 aliphatic rings. The van der Waals surface area contributed by atoms with Crippen molar-refractivity contribution in [3.63, 3.8) is 0 Å². The molecular formula is C18H20N6. The van der Waals surface area contributed by atoms with Crippen molar-refractivity contribution in [3.05, 3.63) is 54.5 Å². The number of hydrogen-bond donors (Lipinski definition) is 2. The second-order valence-corrected chi connectivity index (χ2v) is 6.13. The molecule has 0 bridgehead atoms. The average Bonchev–Trinajstić information content (AvgIpc) is 3.12. The highest BCUT2D eigenvalue weighted by atomic mass is 15.3. The number of piperidine rings is 1. The van der Waals surface area contributed by atoms with Gasteiger partial charge in [0.15, 0.2) is 0 Å². The van der Waals surface area contributed by atoms with Crippen LogP contribution in [0.15, 0.2) is 48.8 Å². The number of rotatable bonds is 3. The number of anilines is 2.